The maximum Gasteiger partial charge on any atom is 0.332 e. The van der Waals surface area contributed by atoms with E-state index in [0.717, 1.165) is 0 Å². The smallest absolute Gasteiger partial charge is 0.332 e. The summed E-state index contributed by atoms with van der Waals surface area (Å²) in [6.45, 7) is 1.64. The monoisotopic (exact) mass is 395 g/mol. The van der Waals surface area contributed by atoms with Crippen LogP contribution in [0.1, 0.15) is 23.9 Å². The number of nitrogens with two attached hydrogens (primary N) is 1. The SMILES string of the molecule is C/C(=N\NC(N)=O)c1ccc2ncc(Cc3c(F)cc4ncccc4c3F)n2n1. The summed E-state index contributed by atoms with van der Waals surface area (Å²) in [4.78, 5) is 19.0. The standard InChI is InChI=1S/C19H15F2N7O/c1-10(25-26-19(22)29)15-4-5-17-24-9-11(28(17)27-15)7-13-14(20)8-16-12(18(13)21)3-2-6-23-16/h2-6,8-9H,7H2,1H3,(H3,22,26,29)/b25-10+. The second-order valence-corrected chi connectivity index (χ2v) is 6.31. The number of carbonyl (C=O) groups excluding carboxylic acids is 1. The summed E-state index contributed by atoms with van der Waals surface area (Å²) in [7, 11) is 0. The summed E-state index contributed by atoms with van der Waals surface area (Å²) in [5.74, 6) is -1.36. The van der Waals surface area contributed by atoms with E-state index in [0.29, 0.717) is 22.7 Å². The van der Waals surface area contributed by atoms with Crippen LogP contribution in [0.25, 0.3) is 16.6 Å². The zero-order chi connectivity index (χ0) is 20.5. The molecule has 3 heterocycles. The largest absolute Gasteiger partial charge is 0.350 e. The Morgan fingerprint density at radius 3 is 2.90 bits per heavy atom. The van der Waals surface area contributed by atoms with Crippen LogP contribution in [0.15, 0.2) is 47.8 Å². The molecule has 1 aromatic carbocycles. The molecule has 0 fully saturated rings. The molecule has 3 aromatic heterocycles. The van der Waals surface area contributed by atoms with Crippen LogP contribution in [0.4, 0.5) is 13.6 Å². The van der Waals surface area contributed by atoms with Crippen molar-refractivity contribution >= 4 is 28.3 Å². The van der Waals surface area contributed by atoms with Crippen LogP contribution < -0.4 is 11.2 Å². The normalized spacial score (nSPS) is 11.9. The molecule has 0 spiro atoms. The number of carbonyl (C=O) groups is 1. The zero-order valence-electron chi connectivity index (χ0n) is 15.2. The Morgan fingerprint density at radius 2 is 2.10 bits per heavy atom. The van der Waals surface area contributed by atoms with E-state index in [1.165, 1.54) is 23.0 Å². The molecular formula is C19H15F2N7O. The summed E-state index contributed by atoms with van der Waals surface area (Å²) in [5.41, 5.74) is 9.11. The van der Waals surface area contributed by atoms with Crippen LogP contribution in [-0.2, 0) is 6.42 Å². The molecule has 8 nitrogen and oxygen atoms in total. The Kier molecular flexibility index (Phi) is 4.59. The summed E-state index contributed by atoms with van der Waals surface area (Å²) >= 11 is 0. The van der Waals surface area contributed by atoms with Gasteiger partial charge in [-0.05, 0) is 31.2 Å². The fourth-order valence-electron chi connectivity index (χ4n) is 2.97. The first kappa shape index (κ1) is 18.4. The maximum absolute atomic E-state index is 14.9. The van der Waals surface area contributed by atoms with Gasteiger partial charge in [0.05, 0.1) is 23.1 Å². The average Bonchev–Trinajstić information content (AvgIpc) is 3.11. The van der Waals surface area contributed by atoms with Crippen LogP contribution in [0.3, 0.4) is 0 Å². The first-order valence-electron chi connectivity index (χ1n) is 8.59. The van der Waals surface area contributed by atoms with Gasteiger partial charge in [0.25, 0.3) is 0 Å². The van der Waals surface area contributed by atoms with E-state index in [4.69, 9.17) is 5.73 Å². The van der Waals surface area contributed by atoms with E-state index in [9.17, 15) is 13.6 Å². The highest BCUT2D eigenvalue weighted by atomic mass is 19.1. The van der Waals surface area contributed by atoms with E-state index in [-0.39, 0.29) is 22.9 Å². The number of imidazole rings is 1. The molecule has 4 rings (SSSR count). The third-order valence-corrected chi connectivity index (χ3v) is 4.39. The molecule has 0 saturated carbocycles. The van der Waals surface area contributed by atoms with E-state index in [1.54, 1.807) is 31.2 Å². The van der Waals surface area contributed by atoms with Gasteiger partial charge in [-0.1, -0.05) is 0 Å². The average molecular weight is 395 g/mol. The number of benzene rings is 1. The van der Waals surface area contributed by atoms with Gasteiger partial charge in [0.15, 0.2) is 5.65 Å². The number of rotatable bonds is 4. The lowest BCUT2D eigenvalue weighted by Crippen LogP contribution is -2.25. The summed E-state index contributed by atoms with van der Waals surface area (Å²) in [6.07, 6.45) is 2.93. The first-order valence-corrected chi connectivity index (χ1v) is 8.59. The highest BCUT2D eigenvalue weighted by Crippen LogP contribution is 2.25. The molecule has 10 heteroatoms. The molecule has 2 amide bonds. The minimum absolute atomic E-state index is 0.0597. The van der Waals surface area contributed by atoms with Gasteiger partial charge >= 0.3 is 6.03 Å². The number of primary amides is 1. The second kappa shape index (κ2) is 7.23. The minimum Gasteiger partial charge on any atom is -0.350 e. The Labute approximate surface area is 163 Å². The van der Waals surface area contributed by atoms with Gasteiger partial charge in [0, 0.05) is 29.6 Å². The van der Waals surface area contributed by atoms with Gasteiger partial charge in [-0.25, -0.2) is 28.5 Å². The molecule has 3 N–H and O–H groups in total. The van der Waals surface area contributed by atoms with Crippen molar-refractivity contribution in [2.24, 2.45) is 10.8 Å². The van der Waals surface area contributed by atoms with Gasteiger partial charge < -0.3 is 5.73 Å². The number of urea groups is 1. The Balaban J connectivity index is 1.76. The predicted octanol–water partition coefficient (Wildman–Crippen LogP) is 2.54. The lowest BCUT2D eigenvalue weighted by Gasteiger charge is -2.08. The topological polar surface area (TPSA) is 111 Å². The van der Waals surface area contributed by atoms with Gasteiger partial charge in [-0.15, -0.1) is 0 Å². The second-order valence-electron chi connectivity index (χ2n) is 6.31. The van der Waals surface area contributed by atoms with Crippen molar-refractivity contribution in [2.45, 2.75) is 13.3 Å². The molecule has 0 bridgehead atoms. The third kappa shape index (κ3) is 3.47. The lowest BCUT2D eigenvalue weighted by atomic mass is 10.0. The van der Waals surface area contributed by atoms with Crippen LogP contribution in [0.5, 0.6) is 0 Å². The van der Waals surface area contributed by atoms with Gasteiger partial charge in [0.1, 0.15) is 17.3 Å². The molecule has 0 atom stereocenters. The molecule has 0 radical (unpaired) electrons. The highest BCUT2D eigenvalue weighted by molar-refractivity contribution is 5.97. The van der Waals surface area contributed by atoms with Crippen LogP contribution in [0.2, 0.25) is 0 Å². The number of nitrogens with one attached hydrogen (secondary N) is 1. The van der Waals surface area contributed by atoms with Crippen molar-refractivity contribution in [3.05, 3.63) is 71.3 Å². The molecule has 0 saturated heterocycles. The Bertz CT molecular complexity index is 1280. The number of aromatic nitrogens is 4. The number of hydrogen-bond acceptors (Lipinski definition) is 5. The molecular weight excluding hydrogens is 380 g/mol. The number of nitrogens with zero attached hydrogens (tertiary/aromatic N) is 5. The number of hydrogen-bond donors (Lipinski definition) is 2. The Morgan fingerprint density at radius 1 is 1.28 bits per heavy atom. The molecule has 4 aromatic rings. The fourth-order valence-corrected chi connectivity index (χ4v) is 2.97. The number of fused-ring (bicyclic) bond motifs is 2. The van der Waals surface area contributed by atoms with Crippen molar-refractivity contribution in [3.8, 4) is 0 Å². The molecule has 29 heavy (non-hydrogen) atoms. The minimum atomic E-state index is -0.800. The number of halogens is 2. The van der Waals surface area contributed by atoms with Gasteiger partial charge in [0.2, 0.25) is 0 Å². The summed E-state index contributed by atoms with van der Waals surface area (Å²) in [6, 6.07) is 6.91. The summed E-state index contributed by atoms with van der Waals surface area (Å²) < 4.78 is 30.9. The van der Waals surface area contributed by atoms with E-state index in [2.05, 4.69) is 25.6 Å². The number of amides is 2. The van der Waals surface area contributed by atoms with E-state index < -0.39 is 17.7 Å². The molecule has 0 unspecified atom stereocenters. The van der Waals surface area contributed by atoms with Crippen molar-refractivity contribution in [2.75, 3.05) is 0 Å². The van der Waals surface area contributed by atoms with Crippen molar-refractivity contribution in [1.29, 1.82) is 0 Å². The van der Waals surface area contributed by atoms with E-state index >= 15 is 0 Å². The molecule has 0 aliphatic carbocycles. The number of pyridine rings is 1. The Hall–Kier alpha value is -3.95. The predicted molar refractivity (Wildman–Crippen MR) is 102 cm³/mol. The lowest BCUT2D eigenvalue weighted by molar-refractivity contribution is 0.249. The maximum atomic E-state index is 14.9. The number of hydrazone groups is 1. The van der Waals surface area contributed by atoms with Crippen LogP contribution in [-0.4, -0.2) is 31.3 Å². The van der Waals surface area contributed by atoms with E-state index in [1.807, 2.05) is 0 Å². The fraction of sp³-hybridized carbons (Fsp3) is 0.105. The molecule has 0 aliphatic heterocycles. The van der Waals surface area contributed by atoms with Crippen molar-refractivity contribution in [1.82, 2.24) is 25.0 Å². The quantitative estimate of drug-likeness (QED) is 0.409. The van der Waals surface area contributed by atoms with Crippen LogP contribution in [0, 0.1) is 11.6 Å². The highest BCUT2D eigenvalue weighted by Gasteiger charge is 2.17. The molecule has 146 valence electrons. The third-order valence-electron chi connectivity index (χ3n) is 4.39. The van der Waals surface area contributed by atoms with Gasteiger partial charge in [-0.2, -0.15) is 10.2 Å². The van der Waals surface area contributed by atoms with Crippen molar-refractivity contribution in [3.63, 3.8) is 0 Å². The van der Waals surface area contributed by atoms with Gasteiger partial charge in [-0.3, -0.25) is 4.98 Å². The molecule has 0 aliphatic rings. The first-order chi connectivity index (χ1) is 13.9. The zero-order valence-corrected chi connectivity index (χ0v) is 15.2. The van der Waals surface area contributed by atoms with Crippen LogP contribution >= 0.6 is 0 Å². The van der Waals surface area contributed by atoms with Crippen molar-refractivity contribution < 1.29 is 13.6 Å². The summed E-state index contributed by atoms with van der Waals surface area (Å²) in [5, 5.41) is 8.48.